The van der Waals surface area contributed by atoms with E-state index < -0.39 is 9.84 Å². The van der Waals surface area contributed by atoms with Crippen LogP contribution in [0.25, 0.3) is 11.0 Å². The highest BCUT2D eigenvalue weighted by Gasteiger charge is 2.20. The third-order valence-electron chi connectivity index (χ3n) is 2.72. The van der Waals surface area contributed by atoms with Gasteiger partial charge < -0.3 is 10.3 Å². The van der Waals surface area contributed by atoms with Crippen LogP contribution >= 0.6 is 11.6 Å². The summed E-state index contributed by atoms with van der Waals surface area (Å²) in [5.41, 5.74) is 7.30. The summed E-state index contributed by atoms with van der Waals surface area (Å²) in [5.74, 6) is 0.744. The molecule has 2 aromatic rings. The molecule has 0 bridgehead atoms. The van der Waals surface area contributed by atoms with Gasteiger partial charge in [0.1, 0.15) is 5.82 Å². The molecule has 0 amide bonds. The van der Waals surface area contributed by atoms with Gasteiger partial charge in [-0.2, -0.15) is 0 Å². The lowest BCUT2D eigenvalue weighted by molar-refractivity contribution is 0.602. The first-order chi connectivity index (χ1) is 7.73. The molecule has 1 heterocycles. The fourth-order valence-corrected chi connectivity index (χ4v) is 3.07. The Balaban J connectivity index is 3.00. The second-order valence-corrected chi connectivity index (χ2v) is 6.32. The lowest BCUT2D eigenvalue weighted by atomic mass is 10.2. The van der Waals surface area contributed by atoms with Crippen molar-refractivity contribution in [2.24, 2.45) is 7.05 Å². The Labute approximate surface area is 104 Å². The molecule has 0 aliphatic carbocycles. The topological polar surface area (TPSA) is 78.0 Å². The van der Waals surface area contributed by atoms with Gasteiger partial charge in [-0.3, -0.25) is 0 Å². The van der Waals surface area contributed by atoms with E-state index >= 15 is 0 Å². The van der Waals surface area contributed by atoms with Crippen LogP contribution in [-0.2, 0) is 16.9 Å². The molecular weight excluding hydrogens is 262 g/mol. The van der Waals surface area contributed by atoms with E-state index in [1.54, 1.807) is 11.6 Å². The summed E-state index contributed by atoms with van der Waals surface area (Å²) < 4.78 is 24.9. The number of nitrogen functional groups attached to an aromatic ring is 1. The van der Waals surface area contributed by atoms with Crippen molar-refractivity contribution < 1.29 is 8.42 Å². The maximum Gasteiger partial charge on any atom is 0.177 e. The van der Waals surface area contributed by atoms with Crippen LogP contribution in [0.4, 0.5) is 5.69 Å². The van der Waals surface area contributed by atoms with E-state index in [0.29, 0.717) is 11.0 Å². The number of nitrogens with two attached hydrogens (primary N) is 1. The number of aromatic nitrogens is 2. The molecule has 2 N–H and O–H groups in total. The Morgan fingerprint density at radius 2 is 2.06 bits per heavy atom. The first kappa shape index (κ1) is 12.2. The Morgan fingerprint density at radius 1 is 1.47 bits per heavy atom. The summed E-state index contributed by atoms with van der Waals surface area (Å²) >= 11 is 5.99. The molecule has 0 aliphatic heterocycles. The normalized spacial score (nSPS) is 12.2. The van der Waals surface area contributed by atoms with E-state index in [1.807, 2.05) is 6.92 Å². The zero-order valence-corrected chi connectivity index (χ0v) is 11.2. The van der Waals surface area contributed by atoms with Crippen LogP contribution in [0.2, 0.25) is 5.02 Å². The molecule has 0 atom stereocenters. The number of fused-ring (bicyclic) bond motifs is 1. The van der Waals surface area contributed by atoms with Crippen LogP contribution in [0.1, 0.15) is 5.82 Å². The van der Waals surface area contributed by atoms with Crippen LogP contribution in [0, 0.1) is 6.92 Å². The predicted octanol–water partition coefficient (Wildman–Crippen LogP) is 1.52. The van der Waals surface area contributed by atoms with Crippen LogP contribution in [-0.4, -0.2) is 24.2 Å². The molecule has 0 fully saturated rings. The highest BCUT2D eigenvalue weighted by Crippen LogP contribution is 2.34. The number of rotatable bonds is 1. The maximum atomic E-state index is 11.6. The Hall–Kier alpha value is -1.27. The van der Waals surface area contributed by atoms with Crippen molar-refractivity contribution in [1.29, 1.82) is 0 Å². The standard InChI is InChI=1S/C10H12ClN3O2S/c1-5-13-6-4-7(17(3,15)16)8(11)9(12)10(6)14(5)2/h4H,12H2,1-3H3. The van der Waals surface area contributed by atoms with Gasteiger partial charge in [0, 0.05) is 13.3 Å². The average molecular weight is 274 g/mol. The second-order valence-electron chi connectivity index (χ2n) is 3.96. The highest BCUT2D eigenvalue weighted by atomic mass is 35.5. The van der Waals surface area contributed by atoms with Crippen molar-refractivity contribution in [3.63, 3.8) is 0 Å². The molecule has 2 rings (SSSR count). The van der Waals surface area contributed by atoms with Gasteiger partial charge in [0.15, 0.2) is 9.84 Å². The van der Waals surface area contributed by atoms with Gasteiger partial charge in [-0.05, 0) is 13.0 Å². The number of aryl methyl sites for hydroxylation is 2. The van der Waals surface area contributed by atoms with Crippen molar-refractivity contribution in [2.45, 2.75) is 11.8 Å². The number of nitrogens with zero attached hydrogens (tertiary/aromatic N) is 2. The molecule has 7 heteroatoms. The molecule has 0 aliphatic rings. The van der Waals surface area contributed by atoms with Gasteiger partial charge in [-0.1, -0.05) is 11.6 Å². The average Bonchev–Trinajstić information content (AvgIpc) is 2.47. The van der Waals surface area contributed by atoms with E-state index in [4.69, 9.17) is 17.3 Å². The maximum absolute atomic E-state index is 11.6. The molecule has 0 spiro atoms. The summed E-state index contributed by atoms with van der Waals surface area (Å²) in [5, 5.41) is 0.0583. The molecule has 17 heavy (non-hydrogen) atoms. The summed E-state index contributed by atoms with van der Waals surface area (Å²) in [6.45, 7) is 1.81. The number of sulfone groups is 1. The minimum Gasteiger partial charge on any atom is -0.396 e. The molecule has 1 aromatic heterocycles. The number of hydrogen-bond donors (Lipinski definition) is 1. The Kier molecular flexibility index (Phi) is 2.59. The fraction of sp³-hybridized carbons (Fsp3) is 0.300. The first-order valence-corrected chi connectivity index (χ1v) is 7.11. The van der Waals surface area contributed by atoms with Crippen LogP contribution in [0.5, 0.6) is 0 Å². The van der Waals surface area contributed by atoms with Crippen LogP contribution in [0.15, 0.2) is 11.0 Å². The molecule has 0 saturated carbocycles. The number of halogens is 1. The van der Waals surface area contributed by atoms with Gasteiger partial charge in [-0.25, -0.2) is 13.4 Å². The van der Waals surface area contributed by atoms with Crippen LogP contribution in [0.3, 0.4) is 0 Å². The van der Waals surface area contributed by atoms with Gasteiger partial charge in [0.05, 0.1) is 26.6 Å². The van der Waals surface area contributed by atoms with Gasteiger partial charge in [0.25, 0.3) is 0 Å². The van der Waals surface area contributed by atoms with Gasteiger partial charge >= 0.3 is 0 Å². The molecule has 0 unspecified atom stereocenters. The van der Waals surface area contributed by atoms with E-state index in [-0.39, 0.29) is 15.6 Å². The molecule has 1 aromatic carbocycles. The minimum atomic E-state index is -3.41. The zero-order valence-electron chi connectivity index (χ0n) is 9.65. The Morgan fingerprint density at radius 3 is 2.59 bits per heavy atom. The van der Waals surface area contributed by atoms with E-state index in [9.17, 15) is 8.42 Å². The molecular formula is C10H12ClN3O2S. The zero-order chi connectivity index (χ0) is 13.0. The number of benzene rings is 1. The number of hydrogen-bond acceptors (Lipinski definition) is 4. The monoisotopic (exact) mass is 273 g/mol. The van der Waals surface area contributed by atoms with Crippen molar-refractivity contribution in [2.75, 3.05) is 12.0 Å². The lowest BCUT2D eigenvalue weighted by Gasteiger charge is -2.07. The highest BCUT2D eigenvalue weighted by molar-refractivity contribution is 7.90. The van der Waals surface area contributed by atoms with Crippen molar-refractivity contribution in [3.05, 3.63) is 16.9 Å². The molecule has 0 radical (unpaired) electrons. The van der Waals surface area contributed by atoms with Gasteiger partial charge in [-0.15, -0.1) is 0 Å². The fourth-order valence-electron chi connectivity index (χ4n) is 1.75. The van der Waals surface area contributed by atoms with Crippen molar-refractivity contribution >= 4 is 38.2 Å². The molecule has 0 saturated heterocycles. The largest absolute Gasteiger partial charge is 0.396 e. The van der Waals surface area contributed by atoms with E-state index in [1.165, 1.54) is 6.07 Å². The Bertz CT molecular complexity index is 719. The third kappa shape index (κ3) is 1.77. The van der Waals surface area contributed by atoms with E-state index in [2.05, 4.69) is 4.98 Å². The smallest absolute Gasteiger partial charge is 0.177 e. The summed E-state index contributed by atoms with van der Waals surface area (Å²) in [6.07, 6.45) is 1.09. The SMILES string of the molecule is Cc1nc2cc(S(C)(=O)=O)c(Cl)c(N)c2n1C. The summed E-state index contributed by atoms with van der Waals surface area (Å²) in [4.78, 5) is 4.26. The van der Waals surface area contributed by atoms with E-state index in [0.717, 1.165) is 12.1 Å². The summed E-state index contributed by atoms with van der Waals surface area (Å²) in [6, 6.07) is 1.45. The second kappa shape index (κ2) is 3.61. The van der Waals surface area contributed by atoms with Crippen molar-refractivity contribution in [1.82, 2.24) is 9.55 Å². The van der Waals surface area contributed by atoms with Crippen molar-refractivity contribution in [3.8, 4) is 0 Å². The first-order valence-electron chi connectivity index (χ1n) is 4.84. The van der Waals surface area contributed by atoms with Gasteiger partial charge in [0.2, 0.25) is 0 Å². The molecule has 5 nitrogen and oxygen atoms in total. The predicted molar refractivity (Wildman–Crippen MR) is 68.0 cm³/mol. The van der Waals surface area contributed by atoms with Crippen LogP contribution < -0.4 is 5.73 Å². The summed E-state index contributed by atoms with van der Waals surface area (Å²) in [7, 11) is -1.61. The minimum absolute atomic E-state index is 0.0160. The quantitative estimate of drug-likeness (QED) is 0.799. The number of imidazole rings is 1. The number of anilines is 1. The molecule has 92 valence electrons. The third-order valence-corrected chi connectivity index (χ3v) is 4.36. The lowest BCUT2D eigenvalue weighted by Crippen LogP contribution is -2.02.